The number of thioether (sulfide) groups is 1. The molecule has 0 aliphatic rings. The molecule has 1 atom stereocenters. The molecule has 0 heterocycles. The third-order valence-electron chi connectivity index (χ3n) is 5.48. The fourth-order valence-electron chi connectivity index (χ4n) is 3.88. The molecule has 0 unspecified atom stereocenters. The zero-order chi connectivity index (χ0) is 24.2. The molecule has 0 spiro atoms. The molecule has 33 heavy (non-hydrogen) atoms. The van der Waals surface area contributed by atoms with E-state index in [9.17, 15) is 9.59 Å². The number of carbonyl (C=O) groups is 2. The highest BCUT2D eigenvalue weighted by Gasteiger charge is 2.28. The number of aryl methyl sites for hydroxylation is 2. The Labute approximate surface area is 203 Å². The second kappa shape index (κ2) is 13.9. The first kappa shape index (κ1) is 26.8. The summed E-state index contributed by atoms with van der Waals surface area (Å²) in [5, 5.41) is 3.01. The van der Waals surface area contributed by atoms with Gasteiger partial charge in [-0.05, 0) is 49.9 Å². The third kappa shape index (κ3) is 8.77. The van der Waals surface area contributed by atoms with Gasteiger partial charge in [0.1, 0.15) is 11.8 Å². The summed E-state index contributed by atoms with van der Waals surface area (Å²) in [6, 6.07) is 13.7. The van der Waals surface area contributed by atoms with E-state index in [-0.39, 0.29) is 11.8 Å². The quantitative estimate of drug-likeness (QED) is 0.405. The number of rotatable bonds is 13. The summed E-state index contributed by atoms with van der Waals surface area (Å²) in [6.07, 6.45) is 2.51. The molecule has 2 aromatic rings. The number of amides is 2. The smallest absolute Gasteiger partial charge is 0.242 e. The number of carbonyl (C=O) groups excluding carboxylic acids is 2. The van der Waals surface area contributed by atoms with Crippen molar-refractivity contribution in [1.82, 2.24) is 10.2 Å². The largest absolute Gasteiger partial charge is 0.497 e. The summed E-state index contributed by atoms with van der Waals surface area (Å²) >= 11 is 1.59. The van der Waals surface area contributed by atoms with E-state index in [1.54, 1.807) is 23.8 Å². The van der Waals surface area contributed by atoms with Crippen LogP contribution >= 0.6 is 11.8 Å². The second-order valence-electron chi connectivity index (χ2n) is 8.43. The van der Waals surface area contributed by atoms with Crippen LogP contribution in [0.1, 0.15) is 55.4 Å². The highest BCUT2D eigenvalue weighted by atomic mass is 32.2. The van der Waals surface area contributed by atoms with Crippen LogP contribution in [-0.2, 0) is 21.9 Å². The number of benzene rings is 2. The fraction of sp³-hybridized carbons (Fsp3) is 0.481. The van der Waals surface area contributed by atoms with Gasteiger partial charge in [-0.3, -0.25) is 9.59 Å². The summed E-state index contributed by atoms with van der Waals surface area (Å²) in [5.41, 5.74) is 4.62. The molecule has 0 bridgehead atoms. The fourth-order valence-corrected chi connectivity index (χ4v) is 4.73. The molecule has 0 saturated carbocycles. The number of unbranched alkanes of at least 4 members (excludes halogenated alkanes) is 1. The van der Waals surface area contributed by atoms with Gasteiger partial charge in [0.15, 0.2) is 0 Å². The number of hydrogen-bond donors (Lipinski definition) is 1. The van der Waals surface area contributed by atoms with Gasteiger partial charge in [-0.1, -0.05) is 61.7 Å². The third-order valence-corrected chi connectivity index (χ3v) is 6.47. The van der Waals surface area contributed by atoms with Crippen LogP contribution in [0.25, 0.3) is 0 Å². The van der Waals surface area contributed by atoms with Crippen LogP contribution in [0.3, 0.4) is 0 Å². The minimum Gasteiger partial charge on any atom is -0.497 e. The van der Waals surface area contributed by atoms with Crippen molar-refractivity contribution in [2.45, 2.75) is 65.3 Å². The summed E-state index contributed by atoms with van der Waals surface area (Å²) in [4.78, 5) is 28.0. The van der Waals surface area contributed by atoms with Gasteiger partial charge in [-0.15, -0.1) is 11.8 Å². The van der Waals surface area contributed by atoms with E-state index in [1.165, 1.54) is 16.7 Å². The lowest BCUT2D eigenvalue weighted by Gasteiger charge is -2.30. The minimum absolute atomic E-state index is 0.0234. The molecule has 2 aromatic carbocycles. The van der Waals surface area contributed by atoms with Crippen LogP contribution in [0.5, 0.6) is 5.75 Å². The maximum absolute atomic E-state index is 13.4. The first-order valence-corrected chi connectivity index (χ1v) is 12.9. The molecule has 0 aliphatic heterocycles. The van der Waals surface area contributed by atoms with Crippen LogP contribution in [-0.4, -0.2) is 42.2 Å². The number of nitrogens with one attached hydrogen (secondary N) is 1. The lowest BCUT2D eigenvalue weighted by Crippen LogP contribution is -2.49. The molecular formula is C27H38N2O3S. The first-order valence-electron chi connectivity index (χ1n) is 11.7. The van der Waals surface area contributed by atoms with Crippen molar-refractivity contribution in [2.75, 3.05) is 19.4 Å². The zero-order valence-corrected chi connectivity index (χ0v) is 21.5. The van der Waals surface area contributed by atoms with Crippen molar-refractivity contribution in [3.63, 3.8) is 0 Å². The lowest BCUT2D eigenvalue weighted by molar-refractivity contribution is -0.139. The Balaban J connectivity index is 2.14. The predicted molar refractivity (Wildman–Crippen MR) is 138 cm³/mol. The first-order chi connectivity index (χ1) is 15.9. The van der Waals surface area contributed by atoms with E-state index in [2.05, 4.69) is 44.3 Å². The Morgan fingerprint density at radius 1 is 1.06 bits per heavy atom. The van der Waals surface area contributed by atoms with Crippen LogP contribution < -0.4 is 10.1 Å². The van der Waals surface area contributed by atoms with Crippen LogP contribution in [0.15, 0.2) is 42.5 Å². The topological polar surface area (TPSA) is 58.6 Å². The normalized spacial score (nSPS) is 11.7. The zero-order valence-electron chi connectivity index (χ0n) is 20.6. The highest BCUT2D eigenvalue weighted by Crippen LogP contribution is 2.20. The molecule has 0 radical (unpaired) electrons. The summed E-state index contributed by atoms with van der Waals surface area (Å²) < 4.78 is 5.34. The van der Waals surface area contributed by atoms with Crippen molar-refractivity contribution in [1.29, 1.82) is 0 Å². The number of hydrogen-bond acceptors (Lipinski definition) is 4. The van der Waals surface area contributed by atoms with Crippen molar-refractivity contribution < 1.29 is 14.3 Å². The monoisotopic (exact) mass is 470 g/mol. The second-order valence-corrected chi connectivity index (χ2v) is 9.42. The van der Waals surface area contributed by atoms with Crippen molar-refractivity contribution in [3.8, 4) is 5.75 Å². The van der Waals surface area contributed by atoms with Gasteiger partial charge in [0.2, 0.25) is 11.8 Å². The van der Waals surface area contributed by atoms with Gasteiger partial charge < -0.3 is 15.0 Å². The molecular weight excluding hydrogens is 432 g/mol. The van der Waals surface area contributed by atoms with Gasteiger partial charge in [-0.2, -0.15) is 0 Å². The van der Waals surface area contributed by atoms with E-state index in [1.807, 2.05) is 31.2 Å². The van der Waals surface area contributed by atoms with Crippen LogP contribution in [0.4, 0.5) is 0 Å². The molecule has 0 saturated heterocycles. The Morgan fingerprint density at radius 3 is 2.42 bits per heavy atom. The highest BCUT2D eigenvalue weighted by molar-refractivity contribution is 7.99. The van der Waals surface area contributed by atoms with E-state index >= 15 is 0 Å². The van der Waals surface area contributed by atoms with E-state index in [4.69, 9.17) is 4.74 Å². The molecule has 2 rings (SSSR count). The minimum atomic E-state index is -0.498. The summed E-state index contributed by atoms with van der Waals surface area (Å²) in [5.74, 6) is 1.73. The maximum Gasteiger partial charge on any atom is 0.242 e. The van der Waals surface area contributed by atoms with Gasteiger partial charge in [0.25, 0.3) is 0 Å². The molecule has 5 nitrogen and oxygen atoms in total. The van der Waals surface area contributed by atoms with Crippen molar-refractivity contribution >= 4 is 23.6 Å². The molecule has 0 aliphatic carbocycles. The van der Waals surface area contributed by atoms with Gasteiger partial charge >= 0.3 is 0 Å². The van der Waals surface area contributed by atoms with Crippen molar-refractivity contribution in [2.24, 2.45) is 0 Å². The lowest BCUT2D eigenvalue weighted by atomic mass is 10.1. The number of nitrogens with zero attached hydrogens (tertiary/aromatic N) is 1. The predicted octanol–water partition coefficient (Wildman–Crippen LogP) is 5.27. The van der Waals surface area contributed by atoms with Gasteiger partial charge in [0.05, 0.1) is 12.9 Å². The summed E-state index contributed by atoms with van der Waals surface area (Å²) in [6.45, 7) is 9.23. The van der Waals surface area contributed by atoms with Gasteiger partial charge in [-0.25, -0.2) is 0 Å². The molecule has 0 fully saturated rings. The Morgan fingerprint density at radius 2 is 1.79 bits per heavy atom. The van der Waals surface area contributed by atoms with Crippen molar-refractivity contribution in [3.05, 3.63) is 64.7 Å². The molecule has 0 aromatic heterocycles. The Kier molecular flexibility index (Phi) is 11.3. The Bertz CT molecular complexity index is 896. The maximum atomic E-state index is 13.4. The average Bonchev–Trinajstić information content (AvgIpc) is 2.78. The molecule has 2 amide bonds. The molecule has 1 N–H and O–H groups in total. The summed E-state index contributed by atoms with van der Waals surface area (Å²) in [7, 11) is 1.63. The van der Waals surface area contributed by atoms with Crippen LogP contribution in [0.2, 0.25) is 0 Å². The number of methoxy groups -OCH3 is 1. The molecule has 180 valence electrons. The standard InChI is InChI=1S/C27H38N2O3S/c1-6-8-12-28-27(31)25(7-2)29(17-22-10-9-11-24(16-22)32-5)26(30)19-33-18-23-14-20(3)13-21(4)15-23/h9-11,13-16,25H,6-8,12,17-19H2,1-5H3,(H,28,31)/t25-/m1/s1. The Hall–Kier alpha value is -2.47. The van der Waals surface area contributed by atoms with Crippen LogP contribution in [0, 0.1) is 13.8 Å². The SMILES string of the molecule is CCCCNC(=O)[C@@H](CC)N(Cc1cccc(OC)c1)C(=O)CSCc1cc(C)cc(C)c1. The average molecular weight is 471 g/mol. The van der Waals surface area contributed by atoms with E-state index < -0.39 is 6.04 Å². The molecule has 6 heteroatoms. The van der Waals surface area contributed by atoms with E-state index in [0.29, 0.717) is 25.3 Å². The van der Waals surface area contributed by atoms with Gasteiger partial charge in [0, 0.05) is 18.8 Å². The number of ether oxygens (including phenoxy) is 1. The van der Waals surface area contributed by atoms with E-state index in [0.717, 1.165) is 29.9 Å².